The smallest absolute Gasteiger partial charge is 0.209 e. The highest BCUT2D eigenvalue weighted by molar-refractivity contribution is 9.10. The second kappa shape index (κ2) is 7.21. The summed E-state index contributed by atoms with van der Waals surface area (Å²) < 4.78 is 40.4. The Balaban J connectivity index is 2.31. The van der Waals surface area contributed by atoms with Gasteiger partial charge in [0.15, 0.2) is 0 Å². The van der Waals surface area contributed by atoms with Crippen molar-refractivity contribution >= 4 is 26.0 Å². The van der Waals surface area contributed by atoms with E-state index >= 15 is 0 Å². The van der Waals surface area contributed by atoms with Crippen LogP contribution in [0.15, 0.2) is 22.7 Å². The fourth-order valence-corrected chi connectivity index (χ4v) is 2.54. The van der Waals surface area contributed by atoms with E-state index in [-0.39, 0.29) is 17.5 Å². The first-order valence-electron chi connectivity index (χ1n) is 5.86. The third kappa shape index (κ3) is 6.89. The van der Waals surface area contributed by atoms with E-state index in [9.17, 15) is 12.8 Å². The van der Waals surface area contributed by atoms with Crippen molar-refractivity contribution in [2.75, 3.05) is 12.4 Å². The van der Waals surface area contributed by atoms with Crippen molar-refractivity contribution in [3.05, 3.63) is 28.5 Å². The molecule has 1 rings (SSSR count). The summed E-state index contributed by atoms with van der Waals surface area (Å²) in [4.78, 5) is 0. The van der Waals surface area contributed by atoms with Crippen molar-refractivity contribution in [1.82, 2.24) is 0 Å². The number of hydrogen-bond acceptors (Lipinski definition) is 3. The monoisotopic (exact) mass is 353 g/mol. The minimum absolute atomic E-state index is 0.0176. The van der Waals surface area contributed by atoms with E-state index in [1.54, 1.807) is 12.1 Å². The van der Waals surface area contributed by atoms with E-state index in [1.807, 2.05) is 6.92 Å². The van der Waals surface area contributed by atoms with Crippen LogP contribution >= 0.6 is 15.9 Å². The highest BCUT2D eigenvalue weighted by Crippen LogP contribution is 2.22. The molecule has 2 N–H and O–H groups in total. The van der Waals surface area contributed by atoms with Crippen molar-refractivity contribution in [2.45, 2.75) is 19.8 Å². The minimum Gasteiger partial charge on any atom is -0.494 e. The first-order chi connectivity index (χ1) is 8.78. The number of benzene rings is 1. The molecule has 1 unspecified atom stereocenters. The molecule has 0 aromatic heterocycles. The molecule has 4 nitrogen and oxygen atoms in total. The molecule has 0 amide bonds. The molecular weight excluding hydrogens is 337 g/mol. The Morgan fingerprint density at radius 3 is 2.68 bits per heavy atom. The quantitative estimate of drug-likeness (QED) is 0.819. The highest BCUT2D eigenvalue weighted by atomic mass is 79.9. The molecule has 0 heterocycles. The number of primary sulfonamides is 1. The summed E-state index contributed by atoms with van der Waals surface area (Å²) in [6.45, 7) is 2.39. The van der Waals surface area contributed by atoms with Crippen molar-refractivity contribution in [3.8, 4) is 5.75 Å². The number of ether oxygens (including phenoxy) is 1. The Labute approximate surface area is 121 Å². The summed E-state index contributed by atoms with van der Waals surface area (Å²) in [7, 11) is -3.40. The normalized spacial score (nSPS) is 13.3. The van der Waals surface area contributed by atoms with Gasteiger partial charge in [-0.2, -0.15) is 0 Å². The van der Waals surface area contributed by atoms with Crippen molar-refractivity contribution in [3.63, 3.8) is 0 Å². The molecule has 19 heavy (non-hydrogen) atoms. The van der Waals surface area contributed by atoms with Gasteiger partial charge in [-0.1, -0.05) is 6.92 Å². The number of halogens is 2. The lowest BCUT2D eigenvalue weighted by molar-refractivity contribution is 0.281. The minimum atomic E-state index is -3.40. The molecule has 0 saturated heterocycles. The Bertz CT molecular complexity index is 522. The Hall–Kier alpha value is -0.660. The van der Waals surface area contributed by atoms with Crippen LogP contribution in [0.1, 0.15) is 19.8 Å². The summed E-state index contributed by atoms with van der Waals surface area (Å²) in [5, 5.41) is 4.93. The molecule has 0 aliphatic carbocycles. The van der Waals surface area contributed by atoms with Crippen LogP contribution in [0, 0.1) is 11.7 Å². The molecule has 0 radical (unpaired) electrons. The summed E-state index contributed by atoms with van der Waals surface area (Å²) >= 11 is 3.08. The standard InChI is InChI=1S/C12H17BrFNO3S/c1-9(5-7-19(15,16)17)4-6-18-10-2-3-12(14)11(13)8-10/h2-3,8-9H,4-7H2,1H3,(H2,15,16,17). The van der Waals surface area contributed by atoms with E-state index in [0.29, 0.717) is 29.7 Å². The van der Waals surface area contributed by atoms with Crippen LogP contribution in [-0.4, -0.2) is 20.8 Å². The molecular formula is C12H17BrFNO3S. The van der Waals surface area contributed by atoms with Crippen molar-refractivity contribution in [1.29, 1.82) is 0 Å². The average Bonchev–Trinajstić information content (AvgIpc) is 2.30. The molecule has 108 valence electrons. The van der Waals surface area contributed by atoms with E-state index in [0.717, 1.165) is 0 Å². The SMILES string of the molecule is CC(CCOc1ccc(F)c(Br)c1)CCS(N)(=O)=O. The maximum Gasteiger partial charge on any atom is 0.209 e. The Morgan fingerprint density at radius 1 is 1.42 bits per heavy atom. The summed E-state index contributed by atoms with van der Waals surface area (Å²) in [5.41, 5.74) is 0. The third-order valence-electron chi connectivity index (χ3n) is 2.67. The third-order valence-corrected chi connectivity index (χ3v) is 4.08. The van der Waals surface area contributed by atoms with Crippen LogP contribution < -0.4 is 9.88 Å². The van der Waals surface area contributed by atoms with Gasteiger partial charge in [0, 0.05) is 0 Å². The van der Waals surface area contributed by atoms with Crippen molar-refractivity contribution < 1.29 is 17.5 Å². The maximum absolute atomic E-state index is 13.0. The zero-order valence-corrected chi connectivity index (χ0v) is 13.0. The van der Waals surface area contributed by atoms with Crippen LogP contribution in [0.25, 0.3) is 0 Å². The van der Waals surface area contributed by atoms with E-state index in [2.05, 4.69) is 15.9 Å². The molecule has 0 fully saturated rings. The first-order valence-corrected chi connectivity index (χ1v) is 8.37. The average molecular weight is 354 g/mol. The molecule has 0 aliphatic heterocycles. The second-order valence-corrected chi connectivity index (χ2v) is 7.06. The Morgan fingerprint density at radius 2 is 2.11 bits per heavy atom. The van der Waals surface area contributed by atoms with Gasteiger partial charge in [0.2, 0.25) is 10.0 Å². The van der Waals surface area contributed by atoms with E-state index in [4.69, 9.17) is 9.88 Å². The van der Waals surface area contributed by atoms with E-state index < -0.39 is 10.0 Å². The van der Waals surface area contributed by atoms with Gasteiger partial charge in [-0.15, -0.1) is 0 Å². The topological polar surface area (TPSA) is 69.4 Å². The zero-order chi connectivity index (χ0) is 14.5. The van der Waals surface area contributed by atoms with Crippen molar-refractivity contribution in [2.24, 2.45) is 11.1 Å². The fourth-order valence-electron chi connectivity index (χ4n) is 1.45. The van der Waals surface area contributed by atoms with Gasteiger partial charge in [0.1, 0.15) is 11.6 Å². The van der Waals surface area contributed by atoms with Gasteiger partial charge >= 0.3 is 0 Å². The molecule has 7 heteroatoms. The van der Waals surface area contributed by atoms with E-state index in [1.165, 1.54) is 6.07 Å². The van der Waals surface area contributed by atoms with Crippen LogP contribution in [0.4, 0.5) is 4.39 Å². The summed E-state index contributed by atoms with van der Waals surface area (Å²) in [5.74, 6) is 0.416. The first kappa shape index (κ1) is 16.4. The van der Waals surface area contributed by atoms with Gasteiger partial charge in [-0.3, -0.25) is 0 Å². The lowest BCUT2D eigenvalue weighted by Gasteiger charge is -2.12. The summed E-state index contributed by atoms with van der Waals surface area (Å²) in [6.07, 6.45) is 1.22. The van der Waals surface area contributed by atoms with Crippen LogP contribution in [0.3, 0.4) is 0 Å². The van der Waals surface area contributed by atoms with Gasteiger partial charge < -0.3 is 4.74 Å². The molecule has 0 aliphatic rings. The lowest BCUT2D eigenvalue weighted by atomic mass is 10.1. The fraction of sp³-hybridized carbons (Fsp3) is 0.500. The summed E-state index contributed by atoms with van der Waals surface area (Å²) in [6, 6.07) is 4.43. The number of nitrogens with two attached hydrogens (primary N) is 1. The maximum atomic E-state index is 13.0. The van der Waals surface area contributed by atoms with Gasteiger partial charge in [-0.25, -0.2) is 17.9 Å². The van der Waals surface area contributed by atoms with Crippen LogP contribution in [0.5, 0.6) is 5.75 Å². The molecule has 0 bridgehead atoms. The molecule has 1 aromatic carbocycles. The number of sulfonamides is 1. The van der Waals surface area contributed by atoms with Gasteiger partial charge in [0.25, 0.3) is 0 Å². The number of rotatable bonds is 7. The predicted molar refractivity (Wildman–Crippen MR) is 76.0 cm³/mol. The lowest BCUT2D eigenvalue weighted by Crippen LogP contribution is -2.18. The Kier molecular flexibility index (Phi) is 6.22. The highest BCUT2D eigenvalue weighted by Gasteiger charge is 2.09. The number of hydrogen-bond donors (Lipinski definition) is 1. The second-order valence-electron chi connectivity index (χ2n) is 4.47. The van der Waals surface area contributed by atoms with Crippen LogP contribution in [0.2, 0.25) is 0 Å². The van der Waals surface area contributed by atoms with Gasteiger partial charge in [0.05, 0.1) is 16.8 Å². The molecule has 0 spiro atoms. The van der Waals surface area contributed by atoms with Crippen LogP contribution in [-0.2, 0) is 10.0 Å². The molecule has 1 aromatic rings. The zero-order valence-electron chi connectivity index (χ0n) is 10.6. The predicted octanol–water partition coefficient (Wildman–Crippen LogP) is 2.67. The van der Waals surface area contributed by atoms with Gasteiger partial charge in [-0.05, 0) is 52.9 Å². The molecule has 1 atom stereocenters. The largest absolute Gasteiger partial charge is 0.494 e. The molecule has 0 saturated carbocycles.